The summed E-state index contributed by atoms with van der Waals surface area (Å²) in [5.74, 6) is 1.16. The van der Waals surface area contributed by atoms with Gasteiger partial charge in [-0.2, -0.15) is 4.98 Å². The maximum absolute atomic E-state index is 11.9. The second kappa shape index (κ2) is 9.66. The average molecular weight is 380 g/mol. The van der Waals surface area contributed by atoms with Crippen molar-refractivity contribution in [1.82, 2.24) is 25.7 Å². The number of carbonyl (C=O) groups excluding carboxylic acids is 1. The van der Waals surface area contributed by atoms with Crippen LogP contribution >= 0.6 is 12.4 Å². The Balaban J connectivity index is 0.00000243. The Bertz CT molecular complexity index is 696. The zero-order valence-electron chi connectivity index (χ0n) is 15.2. The molecule has 3 rings (SSSR count). The van der Waals surface area contributed by atoms with Crippen LogP contribution < -0.4 is 10.6 Å². The minimum atomic E-state index is -0.0565. The van der Waals surface area contributed by atoms with Crippen LogP contribution in [0.25, 0.3) is 11.4 Å². The van der Waals surface area contributed by atoms with Crippen molar-refractivity contribution in [2.24, 2.45) is 0 Å². The summed E-state index contributed by atoms with van der Waals surface area (Å²) >= 11 is 0. The summed E-state index contributed by atoms with van der Waals surface area (Å²) in [6.45, 7) is 2.31. The molecule has 0 aliphatic carbocycles. The van der Waals surface area contributed by atoms with Crippen LogP contribution in [0.2, 0.25) is 0 Å². The monoisotopic (exact) mass is 379 g/mol. The topological polar surface area (TPSA) is 83.3 Å². The smallest absolute Gasteiger partial charge is 0.237 e. The van der Waals surface area contributed by atoms with E-state index in [0.717, 1.165) is 31.5 Å². The van der Waals surface area contributed by atoms with E-state index in [2.05, 4.69) is 37.8 Å². The van der Waals surface area contributed by atoms with Gasteiger partial charge in [0.15, 0.2) is 0 Å². The fraction of sp³-hybridized carbons (Fsp3) is 0.500. The molecule has 1 amide bonds. The lowest BCUT2D eigenvalue weighted by atomic mass is 10.1. The van der Waals surface area contributed by atoms with Gasteiger partial charge in [-0.05, 0) is 39.0 Å². The number of halogens is 1. The van der Waals surface area contributed by atoms with E-state index in [1.807, 2.05) is 26.2 Å². The Kier molecular flexibility index (Phi) is 7.56. The van der Waals surface area contributed by atoms with Crippen molar-refractivity contribution >= 4 is 18.3 Å². The fourth-order valence-electron chi connectivity index (χ4n) is 2.92. The largest absolute Gasteiger partial charge is 0.354 e. The van der Waals surface area contributed by atoms with Crippen LogP contribution in [-0.2, 0) is 17.8 Å². The first-order valence-electron chi connectivity index (χ1n) is 8.69. The molecule has 1 fully saturated rings. The first kappa shape index (κ1) is 20.4. The summed E-state index contributed by atoms with van der Waals surface area (Å²) in [5.41, 5.74) is 2.16. The van der Waals surface area contributed by atoms with E-state index < -0.39 is 0 Å². The average Bonchev–Trinajstić information content (AvgIpc) is 3.27. The summed E-state index contributed by atoms with van der Waals surface area (Å²) in [5, 5.41) is 10.1. The molecule has 0 bridgehead atoms. The van der Waals surface area contributed by atoms with E-state index in [9.17, 15) is 4.79 Å². The van der Waals surface area contributed by atoms with Crippen LogP contribution in [0.3, 0.4) is 0 Å². The normalized spacial score (nSPS) is 16.5. The number of rotatable bonds is 7. The summed E-state index contributed by atoms with van der Waals surface area (Å²) in [6, 6.07) is 8.08. The zero-order chi connectivity index (χ0) is 17.6. The highest BCUT2D eigenvalue weighted by atomic mass is 35.5. The Morgan fingerprint density at radius 2 is 2.12 bits per heavy atom. The second-order valence-corrected chi connectivity index (χ2v) is 6.64. The SMILES string of the molecule is CN(C)Cc1ccc(-c2noc(CCNC(=O)C3CCCN3)n2)cc1.Cl. The highest BCUT2D eigenvalue weighted by Gasteiger charge is 2.21. The summed E-state index contributed by atoms with van der Waals surface area (Å²) in [4.78, 5) is 18.5. The molecule has 2 heterocycles. The third kappa shape index (κ3) is 5.52. The van der Waals surface area contributed by atoms with E-state index in [1.165, 1.54) is 5.56 Å². The highest BCUT2D eigenvalue weighted by molar-refractivity contribution is 5.85. The van der Waals surface area contributed by atoms with E-state index in [4.69, 9.17) is 4.52 Å². The summed E-state index contributed by atoms with van der Waals surface area (Å²) in [7, 11) is 4.09. The first-order valence-corrected chi connectivity index (χ1v) is 8.69. The highest BCUT2D eigenvalue weighted by Crippen LogP contribution is 2.17. The van der Waals surface area contributed by atoms with Gasteiger partial charge in [-0.25, -0.2) is 0 Å². The van der Waals surface area contributed by atoms with Crippen LogP contribution in [-0.4, -0.2) is 54.2 Å². The fourth-order valence-corrected chi connectivity index (χ4v) is 2.92. The summed E-state index contributed by atoms with van der Waals surface area (Å²) < 4.78 is 5.28. The van der Waals surface area contributed by atoms with Crippen molar-refractivity contribution in [3.05, 3.63) is 35.7 Å². The Morgan fingerprint density at radius 1 is 1.35 bits per heavy atom. The number of hydrogen-bond acceptors (Lipinski definition) is 6. The molecule has 26 heavy (non-hydrogen) atoms. The molecule has 7 nitrogen and oxygen atoms in total. The molecule has 2 N–H and O–H groups in total. The van der Waals surface area contributed by atoms with Gasteiger partial charge in [0.2, 0.25) is 17.6 Å². The van der Waals surface area contributed by atoms with Crippen molar-refractivity contribution < 1.29 is 9.32 Å². The van der Waals surface area contributed by atoms with Crippen molar-refractivity contribution in [3.8, 4) is 11.4 Å². The van der Waals surface area contributed by atoms with Crippen LogP contribution in [0.15, 0.2) is 28.8 Å². The van der Waals surface area contributed by atoms with Crippen LogP contribution in [0.5, 0.6) is 0 Å². The molecule has 0 spiro atoms. The second-order valence-electron chi connectivity index (χ2n) is 6.64. The molecule has 1 atom stereocenters. The Hall–Kier alpha value is -1.96. The molecule has 2 aromatic rings. The van der Waals surface area contributed by atoms with Crippen molar-refractivity contribution in [1.29, 1.82) is 0 Å². The number of benzene rings is 1. The zero-order valence-corrected chi connectivity index (χ0v) is 16.0. The number of aromatic nitrogens is 2. The van der Waals surface area contributed by atoms with Gasteiger partial charge in [0, 0.05) is 25.1 Å². The predicted molar refractivity (Wildman–Crippen MR) is 102 cm³/mol. The minimum Gasteiger partial charge on any atom is -0.354 e. The molecule has 0 radical (unpaired) electrons. The number of amides is 1. The number of nitrogens with zero attached hydrogens (tertiary/aromatic N) is 3. The van der Waals surface area contributed by atoms with Gasteiger partial charge in [0.1, 0.15) is 0 Å². The lowest BCUT2D eigenvalue weighted by molar-refractivity contribution is -0.122. The van der Waals surface area contributed by atoms with E-state index in [-0.39, 0.29) is 24.4 Å². The maximum Gasteiger partial charge on any atom is 0.237 e. The molecular weight excluding hydrogens is 354 g/mol. The van der Waals surface area contributed by atoms with Gasteiger partial charge >= 0.3 is 0 Å². The first-order chi connectivity index (χ1) is 12.1. The quantitative estimate of drug-likeness (QED) is 0.760. The molecule has 8 heteroatoms. The molecule has 1 aromatic carbocycles. The molecule has 142 valence electrons. The van der Waals surface area contributed by atoms with Crippen LogP contribution in [0, 0.1) is 0 Å². The van der Waals surface area contributed by atoms with Gasteiger partial charge in [-0.15, -0.1) is 12.4 Å². The molecule has 1 saturated heterocycles. The lowest BCUT2D eigenvalue weighted by Gasteiger charge is -2.09. The minimum absolute atomic E-state index is 0. The van der Waals surface area contributed by atoms with Gasteiger partial charge in [-0.3, -0.25) is 4.79 Å². The van der Waals surface area contributed by atoms with Crippen LogP contribution in [0.1, 0.15) is 24.3 Å². The summed E-state index contributed by atoms with van der Waals surface area (Å²) in [6.07, 6.45) is 2.49. The van der Waals surface area contributed by atoms with Crippen molar-refractivity contribution in [2.75, 3.05) is 27.2 Å². The number of nitrogens with one attached hydrogen (secondary N) is 2. The van der Waals surface area contributed by atoms with E-state index >= 15 is 0 Å². The van der Waals surface area contributed by atoms with Crippen molar-refractivity contribution in [2.45, 2.75) is 31.8 Å². The number of hydrogen-bond donors (Lipinski definition) is 2. The third-order valence-electron chi connectivity index (χ3n) is 4.19. The van der Waals surface area contributed by atoms with Gasteiger partial charge in [-0.1, -0.05) is 29.4 Å². The number of carbonyl (C=O) groups is 1. The van der Waals surface area contributed by atoms with Crippen LogP contribution in [0.4, 0.5) is 0 Å². The third-order valence-corrected chi connectivity index (χ3v) is 4.19. The molecular formula is C18H26ClN5O2. The molecule has 1 aliphatic rings. The molecule has 1 aliphatic heterocycles. The Labute approximate surface area is 159 Å². The lowest BCUT2D eigenvalue weighted by Crippen LogP contribution is -2.41. The van der Waals surface area contributed by atoms with Gasteiger partial charge in [0.25, 0.3) is 0 Å². The Morgan fingerprint density at radius 3 is 2.77 bits per heavy atom. The van der Waals surface area contributed by atoms with Crippen molar-refractivity contribution in [3.63, 3.8) is 0 Å². The maximum atomic E-state index is 11.9. The van der Waals surface area contributed by atoms with Gasteiger partial charge < -0.3 is 20.1 Å². The predicted octanol–water partition coefficient (Wildman–Crippen LogP) is 1.63. The van der Waals surface area contributed by atoms with E-state index in [0.29, 0.717) is 24.7 Å². The molecule has 1 unspecified atom stereocenters. The van der Waals surface area contributed by atoms with E-state index in [1.54, 1.807) is 0 Å². The molecule has 1 aromatic heterocycles. The van der Waals surface area contributed by atoms with Gasteiger partial charge in [0.05, 0.1) is 6.04 Å². The standard InChI is InChI=1S/C18H25N5O2.ClH/c1-23(2)12-13-5-7-14(8-6-13)17-21-16(25-22-17)9-11-20-18(24)15-4-3-10-19-15;/h5-8,15,19H,3-4,9-12H2,1-2H3,(H,20,24);1H. The molecule has 0 saturated carbocycles.